The van der Waals surface area contributed by atoms with Gasteiger partial charge in [0.1, 0.15) is 12.0 Å². The number of benzene rings is 2. The first-order valence-corrected chi connectivity index (χ1v) is 15.7. The van der Waals surface area contributed by atoms with E-state index in [4.69, 9.17) is 29.1 Å². The number of esters is 1. The van der Waals surface area contributed by atoms with Crippen LogP contribution in [0.3, 0.4) is 0 Å². The number of aliphatic imine (C=N–C) groups is 2. The van der Waals surface area contributed by atoms with Crippen LogP contribution in [0.1, 0.15) is 47.1 Å². The van der Waals surface area contributed by atoms with Gasteiger partial charge in [-0.25, -0.2) is 24.5 Å². The first-order valence-electron chi connectivity index (χ1n) is 14.1. The molecule has 2 aliphatic rings. The molecule has 2 aromatic carbocycles. The Morgan fingerprint density at radius 1 is 1.07 bits per heavy atom. The first-order chi connectivity index (χ1) is 21.8. The molecule has 0 saturated carbocycles. The van der Waals surface area contributed by atoms with Gasteiger partial charge >= 0.3 is 20.2 Å². The quantitative estimate of drug-likeness (QED) is 0.142. The van der Waals surface area contributed by atoms with E-state index in [-0.39, 0.29) is 30.3 Å². The van der Waals surface area contributed by atoms with E-state index >= 15 is 0 Å². The van der Waals surface area contributed by atoms with Crippen molar-refractivity contribution in [2.75, 3.05) is 26.4 Å². The van der Waals surface area contributed by atoms with Crippen molar-refractivity contribution in [3.05, 3.63) is 70.4 Å². The van der Waals surface area contributed by atoms with Gasteiger partial charge in [-0.15, -0.1) is 0 Å². The van der Waals surface area contributed by atoms with Crippen LogP contribution < -0.4 is 15.3 Å². The van der Waals surface area contributed by atoms with Gasteiger partial charge in [0, 0.05) is 18.7 Å². The van der Waals surface area contributed by atoms with Crippen molar-refractivity contribution in [2.45, 2.75) is 27.7 Å². The zero-order valence-corrected chi connectivity index (χ0v) is 26.4. The Labute approximate surface area is 264 Å². The lowest BCUT2D eigenvalue weighted by atomic mass is 10.0. The minimum absolute atomic E-state index is 0.0202. The molecule has 0 fully saturated rings. The number of carbonyl (C=O) groups is 4. The van der Waals surface area contributed by atoms with E-state index in [0.717, 1.165) is 10.5 Å². The first kappa shape index (κ1) is 34.0. The van der Waals surface area contributed by atoms with Gasteiger partial charge in [-0.2, -0.15) is 14.7 Å². The topological polar surface area (TPSA) is 212 Å². The second-order valence-corrected chi connectivity index (χ2v) is 11.3. The third-order valence-corrected chi connectivity index (χ3v) is 7.43. The summed E-state index contributed by atoms with van der Waals surface area (Å²) in [4.78, 5) is 88.0. The predicted molar refractivity (Wildman–Crippen MR) is 166 cm³/mol. The maximum Gasteiger partial charge on any atom is 0.613 e. The Morgan fingerprint density at radius 2 is 1.76 bits per heavy atom. The highest BCUT2D eigenvalue weighted by Gasteiger charge is 2.41. The molecule has 0 radical (unpaired) electrons. The number of imide groups is 1. The smallest absolute Gasteiger partial charge is 0.424 e. The molecule has 0 saturated heterocycles. The van der Waals surface area contributed by atoms with Gasteiger partial charge in [-0.3, -0.25) is 24.5 Å². The van der Waals surface area contributed by atoms with E-state index in [2.05, 4.69) is 20.3 Å². The van der Waals surface area contributed by atoms with Crippen molar-refractivity contribution in [1.82, 2.24) is 20.7 Å². The number of fused-ring (bicyclic) bond motifs is 1. The fourth-order valence-electron chi connectivity index (χ4n) is 4.67. The van der Waals surface area contributed by atoms with Crippen LogP contribution in [-0.4, -0.2) is 87.1 Å². The number of amides is 3. The summed E-state index contributed by atoms with van der Waals surface area (Å²) in [6, 6.07) is 10.0. The Kier molecular flexibility index (Phi) is 10.7. The zero-order chi connectivity index (χ0) is 33.6. The number of carbonyl (C=O) groups excluding carboxylic acids is 4. The van der Waals surface area contributed by atoms with Crippen molar-refractivity contribution >= 4 is 49.9 Å². The molecular formula is C29H34N6O10P+. The van der Waals surface area contributed by atoms with E-state index in [0.29, 0.717) is 34.9 Å². The summed E-state index contributed by atoms with van der Waals surface area (Å²) in [5.74, 6) is -2.18. The lowest BCUT2D eigenvalue weighted by Crippen LogP contribution is -2.45. The molecule has 17 heteroatoms. The Balaban J connectivity index is 1.43. The molecule has 0 aliphatic carbocycles. The minimum Gasteiger partial charge on any atom is -0.424 e. The van der Waals surface area contributed by atoms with Crippen LogP contribution >= 0.6 is 8.17 Å². The number of hydrogen-bond acceptors (Lipinski definition) is 13. The molecule has 5 N–H and O–H groups in total. The van der Waals surface area contributed by atoms with E-state index in [1.165, 1.54) is 30.6 Å². The monoisotopic (exact) mass is 657 g/mol. The van der Waals surface area contributed by atoms with E-state index < -0.39 is 38.9 Å². The molecule has 244 valence electrons. The van der Waals surface area contributed by atoms with Crippen LogP contribution in [0.25, 0.3) is 0 Å². The number of hydrogen-bond donors (Lipinski definition) is 5. The second-order valence-electron chi connectivity index (χ2n) is 10.0. The second kappa shape index (κ2) is 14.5. The fraction of sp³-hybridized carbons (Fsp3) is 0.310. The molecule has 0 spiro atoms. The molecule has 2 heterocycles. The van der Waals surface area contributed by atoms with Gasteiger partial charge in [0.25, 0.3) is 5.91 Å². The summed E-state index contributed by atoms with van der Waals surface area (Å²) in [7, 11) is -4.51. The molecule has 16 nitrogen and oxygen atoms in total. The van der Waals surface area contributed by atoms with Crippen molar-refractivity contribution in [3.63, 3.8) is 0 Å². The highest BCUT2D eigenvalue weighted by Crippen LogP contribution is 2.46. The Hall–Kier alpha value is -4.89. The molecule has 0 bridgehead atoms. The summed E-state index contributed by atoms with van der Waals surface area (Å²) in [6.07, 6.45) is 0.420. The summed E-state index contributed by atoms with van der Waals surface area (Å²) < 4.78 is 14.5. The Morgan fingerprint density at radius 3 is 2.41 bits per heavy atom. The molecule has 1 atom stereocenters. The average molecular weight is 658 g/mol. The predicted octanol–water partition coefficient (Wildman–Crippen LogP) is 2.36. The fourth-order valence-corrected chi connectivity index (χ4v) is 5.07. The van der Waals surface area contributed by atoms with E-state index in [1.54, 1.807) is 37.1 Å². The van der Waals surface area contributed by atoms with Crippen molar-refractivity contribution in [2.24, 2.45) is 15.9 Å². The van der Waals surface area contributed by atoms with Gasteiger partial charge in [0.2, 0.25) is 12.7 Å². The van der Waals surface area contributed by atoms with Crippen LogP contribution in [-0.2, 0) is 14.3 Å². The van der Waals surface area contributed by atoms with E-state index in [9.17, 15) is 19.2 Å². The summed E-state index contributed by atoms with van der Waals surface area (Å²) in [5, 5.41) is 4.46. The molecule has 3 amide bonds. The van der Waals surface area contributed by atoms with Crippen LogP contribution in [0.5, 0.6) is 5.75 Å². The summed E-state index contributed by atoms with van der Waals surface area (Å²) >= 11 is 0. The standard InChI is InChI=1S/C29H33N6O10P/c1-5-30-26(36)20-8-7-17(3)23(13-20)33-25-24-18(4)22(14-35(24)32-15-31-25)27(37)34(6-2)29(39)44-16-43-28(38)19-9-11-21(12-10-19)45-46(40,41)42/h7-13,15,22,40-42H,5-6,14,16H2,1-4H3,(H-,30,31,32,33,36)/p+1. The van der Waals surface area contributed by atoms with Crippen molar-refractivity contribution < 1.29 is 47.9 Å². The van der Waals surface area contributed by atoms with Gasteiger partial charge < -0.3 is 14.8 Å². The molecule has 46 heavy (non-hydrogen) atoms. The number of nitrogens with one attached hydrogen (secondary N) is 2. The number of rotatable bonds is 10. The maximum absolute atomic E-state index is 13.6. The molecule has 4 rings (SSSR count). The number of aryl methyl sites for hydroxylation is 1. The third-order valence-electron chi connectivity index (χ3n) is 6.97. The normalized spacial score (nSPS) is 16.5. The van der Waals surface area contributed by atoms with Gasteiger partial charge in [0.05, 0.1) is 23.7 Å². The lowest BCUT2D eigenvalue weighted by Gasteiger charge is -2.26. The van der Waals surface area contributed by atoms with Gasteiger partial charge in [-0.05, 0) is 75.2 Å². The number of ether oxygens (including phenoxy) is 2. The largest absolute Gasteiger partial charge is 0.613 e. The summed E-state index contributed by atoms with van der Waals surface area (Å²) in [6.45, 7) is 6.88. The maximum atomic E-state index is 13.6. The van der Waals surface area contributed by atoms with Gasteiger partial charge in [0.15, 0.2) is 11.6 Å². The molecular weight excluding hydrogens is 623 g/mol. The third kappa shape index (κ3) is 8.03. The average Bonchev–Trinajstić information content (AvgIpc) is 3.35. The molecule has 2 aromatic rings. The van der Waals surface area contributed by atoms with Gasteiger partial charge in [-0.1, -0.05) is 6.07 Å². The van der Waals surface area contributed by atoms with Crippen molar-refractivity contribution in [1.29, 1.82) is 0 Å². The van der Waals surface area contributed by atoms with Crippen LogP contribution in [0.4, 0.5) is 10.5 Å². The van der Waals surface area contributed by atoms with Crippen molar-refractivity contribution in [3.8, 4) is 5.75 Å². The lowest BCUT2D eigenvalue weighted by molar-refractivity contribution is -0.133. The highest BCUT2D eigenvalue weighted by atomic mass is 31.2. The highest BCUT2D eigenvalue weighted by molar-refractivity contribution is 7.53. The molecule has 1 unspecified atom stereocenters. The number of amidine groups is 1. The van der Waals surface area contributed by atoms with Crippen LogP contribution in [0.15, 0.2) is 63.7 Å². The van der Waals surface area contributed by atoms with E-state index in [1.807, 2.05) is 13.8 Å². The Bertz CT molecular complexity index is 1600. The zero-order valence-electron chi connectivity index (χ0n) is 25.5. The van der Waals surface area contributed by atoms with Crippen LogP contribution in [0, 0.1) is 12.8 Å². The SMILES string of the molecule is CCNC(=O)c1ccc(C)c(N=C2N=CNN3CC(C(=O)N(CC)C(=O)OCOC(=O)c4ccc(O[P+](O)(O)O)cc4)C(C)=C23)c1. The number of nitrogens with zero attached hydrogens (tertiary/aromatic N) is 4. The number of hydrazine groups is 1. The summed E-state index contributed by atoms with van der Waals surface area (Å²) in [5.41, 5.74) is 5.98. The molecule has 0 aromatic heterocycles. The van der Waals surface area contributed by atoms with Crippen LogP contribution in [0.2, 0.25) is 0 Å². The minimum atomic E-state index is -4.51. The molecule has 2 aliphatic heterocycles.